The number of likely N-dealkylation sites (N-methyl/N-ethyl adjacent to an activating group) is 1. The van der Waals surface area contributed by atoms with Gasteiger partial charge in [0.25, 0.3) is 0 Å². The van der Waals surface area contributed by atoms with Gasteiger partial charge in [0.2, 0.25) is 0 Å². The zero-order chi connectivity index (χ0) is 14.2. The van der Waals surface area contributed by atoms with Gasteiger partial charge in [-0.15, -0.1) is 0 Å². The van der Waals surface area contributed by atoms with Crippen LogP contribution in [-0.2, 0) is 0 Å². The minimum absolute atomic E-state index is 0.0678. The highest BCUT2D eigenvalue weighted by atomic mass is 15.1. The van der Waals surface area contributed by atoms with Gasteiger partial charge in [-0.2, -0.15) is 10.5 Å². The molecule has 0 heterocycles. The highest BCUT2D eigenvalue weighted by molar-refractivity contribution is 5.30. The van der Waals surface area contributed by atoms with Crippen LogP contribution in [0.2, 0.25) is 0 Å². The van der Waals surface area contributed by atoms with Gasteiger partial charge < -0.3 is 4.90 Å². The molecule has 3 nitrogen and oxygen atoms in total. The van der Waals surface area contributed by atoms with E-state index in [1.807, 2.05) is 14.1 Å². The van der Waals surface area contributed by atoms with E-state index in [0.717, 1.165) is 12.8 Å². The van der Waals surface area contributed by atoms with Crippen molar-refractivity contribution >= 4 is 0 Å². The van der Waals surface area contributed by atoms with E-state index >= 15 is 0 Å². The fourth-order valence-electron chi connectivity index (χ4n) is 3.84. The van der Waals surface area contributed by atoms with Crippen LogP contribution >= 0.6 is 0 Å². The first kappa shape index (κ1) is 14.1. The Bertz CT molecular complexity index is 461. The van der Waals surface area contributed by atoms with Crippen molar-refractivity contribution in [1.29, 1.82) is 10.5 Å². The molecule has 0 N–H and O–H groups in total. The largest absolute Gasteiger partial charge is 0.302 e. The van der Waals surface area contributed by atoms with Crippen molar-refractivity contribution in [3.05, 3.63) is 11.6 Å². The molecule has 2 aliphatic carbocycles. The van der Waals surface area contributed by atoms with Crippen LogP contribution in [0.1, 0.15) is 33.1 Å². The summed E-state index contributed by atoms with van der Waals surface area (Å²) in [5.41, 5.74) is 1.59. The minimum Gasteiger partial charge on any atom is -0.302 e. The molecule has 0 aromatic carbocycles. The molecule has 0 bridgehead atoms. The average molecular weight is 257 g/mol. The van der Waals surface area contributed by atoms with Crippen molar-refractivity contribution in [2.45, 2.75) is 39.2 Å². The summed E-state index contributed by atoms with van der Waals surface area (Å²) in [5, 5.41) is 19.0. The summed E-state index contributed by atoms with van der Waals surface area (Å²) < 4.78 is 0. The van der Waals surface area contributed by atoms with E-state index in [-0.39, 0.29) is 29.2 Å². The molecule has 4 atom stereocenters. The number of allylic oxidation sites excluding steroid dienone is 1. The Hall–Kier alpha value is -1.32. The van der Waals surface area contributed by atoms with Crippen LogP contribution in [0.25, 0.3) is 0 Å². The van der Waals surface area contributed by atoms with Gasteiger partial charge in [0.15, 0.2) is 0 Å². The van der Waals surface area contributed by atoms with Gasteiger partial charge in [-0.1, -0.05) is 31.9 Å². The highest BCUT2D eigenvalue weighted by Gasteiger charge is 2.46. The Labute approximate surface area is 116 Å². The zero-order valence-electron chi connectivity index (χ0n) is 12.3. The summed E-state index contributed by atoms with van der Waals surface area (Å²) in [5.74, 6) is -0.0748. The van der Waals surface area contributed by atoms with Gasteiger partial charge in [-0.05, 0) is 38.3 Å². The lowest BCUT2D eigenvalue weighted by Gasteiger charge is -2.47. The lowest BCUT2D eigenvalue weighted by atomic mass is 9.58. The minimum atomic E-state index is -0.206. The van der Waals surface area contributed by atoms with Gasteiger partial charge >= 0.3 is 0 Å². The molecule has 0 radical (unpaired) electrons. The Kier molecular flexibility index (Phi) is 3.70. The molecule has 1 saturated carbocycles. The molecule has 0 aromatic heterocycles. The monoisotopic (exact) mass is 257 g/mol. The van der Waals surface area contributed by atoms with Crippen LogP contribution in [0.4, 0.5) is 0 Å². The van der Waals surface area contributed by atoms with Crippen molar-refractivity contribution in [2.24, 2.45) is 23.2 Å². The summed E-state index contributed by atoms with van der Waals surface area (Å²) in [6, 6.07) is 4.89. The number of hydrogen-bond acceptors (Lipinski definition) is 3. The summed E-state index contributed by atoms with van der Waals surface area (Å²) in [4.78, 5) is 2.08. The maximum absolute atomic E-state index is 9.55. The van der Waals surface area contributed by atoms with Crippen molar-refractivity contribution in [2.75, 3.05) is 14.1 Å². The molecular weight excluding hydrogens is 234 g/mol. The first-order valence-electron chi connectivity index (χ1n) is 7.10. The summed E-state index contributed by atoms with van der Waals surface area (Å²) in [7, 11) is 3.99. The van der Waals surface area contributed by atoms with Crippen molar-refractivity contribution < 1.29 is 0 Å². The van der Waals surface area contributed by atoms with Crippen molar-refractivity contribution in [1.82, 2.24) is 4.90 Å². The Morgan fingerprint density at radius 2 is 1.84 bits per heavy atom. The third-order valence-corrected chi connectivity index (χ3v) is 4.93. The van der Waals surface area contributed by atoms with Gasteiger partial charge in [-0.25, -0.2) is 0 Å². The SMILES string of the molecule is CN(C)[C@@H]1C=C2[C@H](CCCC2(C)C)[C@H](C#N)[C@H]1C#N. The molecule has 0 spiro atoms. The molecule has 0 saturated heterocycles. The number of nitrogens with zero attached hydrogens (tertiary/aromatic N) is 3. The number of rotatable bonds is 1. The van der Waals surface area contributed by atoms with Crippen LogP contribution in [0.15, 0.2) is 11.6 Å². The van der Waals surface area contributed by atoms with Crippen LogP contribution in [-0.4, -0.2) is 25.0 Å². The van der Waals surface area contributed by atoms with Gasteiger partial charge in [-0.3, -0.25) is 0 Å². The lowest BCUT2D eigenvalue weighted by molar-refractivity contribution is 0.157. The van der Waals surface area contributed by atoms with Crippen LogP contribution in [0.3, 0.4) is 0 Å². The number of nitriles is 2. The normalized spacial score (nSPS) is 36.9. The first-order chi connectivity index (χ1) is 8.92. The van der Waals surface area contributed by atoms with E-state index in [1.54, 1.807) is 0 Å². The zero-order valence-corrected chi connectivity index (χ0v) is 12.3. The van der Waals surface area contributed by atoms with E-state index in [4.69, 9.17) is 0 Å². The second-order valence-corrected chi connectivity index (χ2v) is 6.77. The third kappa shape index (κ3) is 2.28. The van der Waals surface area contributed by atoms with E-state index in [1.165, 1.54) is 12.0 Å². The lowest BCUT2D eigenvalue weighted by Crippen LogP contribution is -2.46. The first-order valence-corrected chi connectivity index (χ1v) is 7.10. The van der Waals surface area contributed by atoms with Crippen LogP contribution in [0, 0.1) is 45.8 Å². The molecule has 0 aromatic rings. The van der Waals surface area contributed by atoms with E-state index in [0.29, 0.717) is 0 Å². The van der Waals surface area contributed by atoms with Crippen molar-refractivity contribution in [3.63, 3.8) is 0 Å². The molecule has 0 amide bonds. The third-order valence-electron chi connectivity index (χ3n) is 4.93. The second-order valence-electron chi connectivity index (χ2n) is 6.77. The molecule has 19 heavy (non-hydrogen) atoms. The molecule has 0 unspecified atom stereocenters. The Morgan fingerprint density at radius 3 is 2.37 bits per heavy atom. The smallest absolute Gasteiger partial charge is 0.0818 e. The highest BCUT2D eigenvalue weighted by Crippen LogP contribution is 2.51. The Balaban J connectivity index is 2.50. The summed E-state index contributed by atoms with van der Waals surface area (Å²) in [6.07, 6.45) is 5.69. The van der Waals surface area contributed by atoms with Gasteiger partial charge in [0.05, 0.1) is 24.0 Å². The fourth-order valence-corrected chi connectivity index (χ4v) is 3.84. The molecule has 0 aliphatic heterocycles. The van der Waals surface area contributed by atoms with Crippen LogP contribution in [0.5, 0.6) is 0 Å². The Morgan fingerprint density at radius 1 is 1.21 bits per heavy atom. The molecule has 102 valence electrons. The van der Waals surface area contributed by atoms with Crippen LogP contribution < -0.4 is 0 Å². The van der Waals surface area contributed by atoms with E-state index in [9.17, 15) is 10.5 Å². The molecular formula is C16H23N3. The van der Waals surface area contributed by atoms with Crippen molar-refractivity contribution in [3.8, 4) is 12.1 Å². The maximum Gasteiger partial charge on any atom is 0.0818 e. The standard InChI is InChI=1S/C16H23N3/c1-16(2)7-5-6-11-12(9-17)13(10-18)15(19(3)4)8-14(11)16/h8,11-13,15H,5-7H2,1-4H3/t11-,12+,13-,15-/m1/s1. The average Bonchev–Trinajstić information content (AvgIpc) is 2.36. The summed E-state index contributed by atoms with van der Waals surface area (Å²) in [6.45, 7) is 4.55. The maximum atomic E-state index is 9.55. The van der Waals surface area contributed by atoms with E-state index < -0.39 is 0 Å². The predicted molar refractivity (Wildman–Crippen MR) is 74.9 cm³/mol. The molecule has 2 rings (SSSR count). The van der Waals surface area contributed by atoms with Gasteiger partial charge in [0.1, 0.15) is 0 Å². The molecule has 3 heteroatoms. The van der Waals surface area contributed by atoms with Gasteiger partial charge in [0, 0.05) is 6.04 Å². The predicted octanol–water partition coefficient (Wildman–Crippen LogP) is 2.96. The summed E-state index contributed by atoms with van der Waals surface area (Å²) >= 11 is 0. The topological polar surface area (TPSA) is 50.8 Å². The quantitative estimate of drug-likeness (QED) is 0.679. The molecule has 2 aliphatic rings. The molecule has 1 fully saturated rings. The van der Waals surface area contributed by atoms with E-state index in [2.05, 4.69) is 37.0 Å². The number of hydrogen-bond donors (Lipinski definition) is 0. The second kappa shape index (κ2) is 4.99. The fraction of sp³-hybridized carbons (Fsp3) is 0.750. The number of fused-ring (bicyclic) bond motifs is 1.